The molecule has 1 atom stereocenters. The molecule has 2 heterocycles. The predicted octanol–water partition coefficient (Wildman–Crippen LogP) is 4.07. The molecular weight excluding hydrogens is 324 g/mol. The third-order valence-corrected chi connectivity index (χ3v) is 4.73. The van der Waals surface area contributed by atoms with E-state index in [0.29, 0.717) is 12.5 Å². The van der Waals surface area contributed by atoms with Crippen molar-refractivity contribution < 1.29 is 9.84 Å². The predicted molar refractivity (Wildman–Crippen MR) is 107 cm³/mol. The zero-order chi connectivity index (χ0) is 18.5. The maximum Gasteiger partial charge on any atom is 0.125 e. The van der Waals surface area contributed by atoms with Crippen molar-refractivity contribution >= 4 is 11.4 Å². The molecule has 0 bridgehead atoms. The first-order chi connectivity index (χ1) is 12.7. The Kier molecular flexibility index (Phi) is 5.74. The average molecular weight is 350 g/mol. The number of aliphatic imine (C=N–C) groups is 1. The molecule has 0 spiro atoms. The normalized spacial score (nSPS) is 18.8. The minimum Gasteiger partial charge on any atom is -0.507 e. The number of nitrogens with zero attached hydrogens (tertiary/aromatic N) is 1. The van der Waals surface area contributed by atoms with Gasteiger partial charge in [0.25, 0.3) is 0 Å². The van der Waals surface area contributed by atoms with E-state index >= 15 is 0 Å². The minimum absolute atomic E-state index is 0.258. The lowest BCUT2D eigenvalue weighted by molar-refractivity contribution is 0.194. The number of ether oxygens (including phenoxy) is 1. The molecule has 4 heteroatoms. The van der Waals surface area contributed by atoms with Crippen molar-refractivity contribution in [3.05, 3.63) is 70.8 Å². The number of phenols is 1. The first-order valence-electron chi connectivity index (χ1n) is 9.25. The largest absolute Gasteiger partial charge is 0.507 e. The van der Waals surface area contributed by atoms with Crippen LogP contribution in [-0.4, -0.2) is 30.6 Å². The third kappa shape index (κ3) is 3.51. The topological polar surface area (TPSA) is 67.8 Å². The number of aromatic hydroxyl groups is 1. The molecule has 0 radical (unpaired) electrons. The standard InChI is InChI=1S/C20H20N2O2.C2H6/c21-18-7-9-22-20(16-4-2-1-3-15(16)18)17-6-5-13(11-19(17)23)14-8-10-24-12-14;1-2/h1-7,11,14,23H,8-10,12,21H2;1-2H3. The molecule has 2 aliphatic rings. The number of nitrogens with two attached hydrogens (primary N) is 1. The van der Waals surface area contributed by atoms with E-state index in [9.17, 15) is 5.11 Å². The molecule has 1 unspecified atom stereocenters. The van der Waals surface area contributed by atoms with E-state index in [0.717, 1.165) is 53.3 Å². The van der Waals surface area contributed by atoms with Crippen molar-refractivity contribution in [1.82, 2.24) is 0 Å². The molecule has 3 N–H and O–H groups in total. The van der Waals surface area contributed by atoms with Gasteiger partial charge in [-0.25, -0.2) is 0 Å². The number of rotatable bonds is 2. The van der Waals surface area contributed by atoms with Gasteiger partial charge in [-0.15, -0.1) is 0 Å². The number of hydrogen-bond donors (Lipinski definition) is 2. The van der Waals surface area contributed by atoms with Crippen LogP contribution < -0.4 is 5.73 Å². The number of hydrogen-bond acceptors (Lipinski definition) is 4. The Morgan fingerprint density at radius 2 is 1.85 bits per heavy atom. The van der Waals surface area contributed by atoms with E-state index in [2.05, 4.69) is 11.1 Å². The van der Waals surface area contributed by atoms with Crippen LogP contribution in [0.25, 0.3) is 5.70 Å². The van der Waals surface area contributed by atoms with Crippen molar-refractivity contribution in [3.8, 4) is 5.75 Å². The van der Waals surface area contributed by atoms with Crippen LogP contribution in [0.15, 0.2) is 53.5 Å². The molecule has 1 saturated heterocycles. The maximum absolute atomic E-state index is 10.6. The minimum atomic E-state index is 0.258. The van der Waals surface area contributed by atoms with Gasteiger partial charge < -0.3 is 15.6 Å². The third-order valence-electron chi connectivity index (χ3n) is 4.73. The average Bonchev–Trinajstić information content (AvgIpc) is 3.17. The van der Waals surface area contributed by atoms with Gasteiger partial charge in [0.2, 0.25) is 0 Å². The van der Waals surface area contributed by atoms with Gasteiger partial charge in [-0.1, -0.05) is 44.2 Å². The summed E-state index contributed by atoms with van der Waals surface area (Å²) in [6, 6.07) is 13.8. The smallest absolute Gasteiger partial charge is 0.125 e. The van der Waals surface area contributed by atoms with Crippen molar-refractivity contribution in [1.29, 1.82) is 0 Å². The number of fused-ring (bicyclic) bond motifs is 1. The second-order valence-electron chi connectivity index (χ2n) is 6.23. The Morgan fingerprint density at radius 3 is 2.54 bits per heavy atom. The summed E-state index contributed by atoms with van der Waals surface area (Å²) < 4.78 is 5.45. The van der Waals surface area contributed by atoms with Gasteiger partial charge in [-0.3, -0.25) is 4.99 Å². The molecule has 26 heavy (non-hydrogen) atoms. The highest BCUT2D eigenvalue weighted by molar-refractivity contribution is 6.17. The summed E-state index contributed by atoms with van der Waals surface area (Å²) >= 11 is 0. The van der Waals surface area contributed by atoms with Gasteiger partial charge in [-0.05, 0) is 30.2 Å². The van der Waals surface area contributed by atoms with E-state index in [-0.39, 0.29) is 5.75 Å². The monoisotopic (exact) mass is 350 g/mol. The molecule has 136 valence electrons. The highest BCUT2D eigenvalue weighted by Gasteiger charge is 2.21. The second kappa shape index (κ2) is 8.19. The molecule has 2 aromatic rings. The summed E-state index contributed by atoms with van der Waals surface area (Å²) in [5.74, 6) is 0.624. The summed E-state index contributed by atoms with van der Waals surface area (Å²) in [7, 11) is 0. The van der Waals surface area contributed by atoms with Crippen LogP contribution in [0.1, 0.15) is 48.4 Å². The Hall–Kier alpha value is -2.59. The molecule has 2 aromatic carbocycles. The van der Waals surface area contributed by atoms with Crippen LogP contribution in [-0.2, 0) is 4.74 Å². The van der Waals surface area contributed by atoms with Crippen LogP contribution in [0.2, 0.25) is 0 Å². The lowest BCUT2D eigenvalue weighted by atomic mass is 9.92. The van der Waals surface area contributed by atoms with Crippen LogP contribution in [0.3, 0.4) is 0 Å². The maximum atomic E-state index is 10.6. The number of benzene rings is 2. The van der Waals surface area contributed by atoms with Gasteiger partial charge in [0.1, 0.15) is 5.75 Å². The summed E-state index contributed by atoms with van der Waals surface area (Å²) in [6.07, 6.45) is 2.91. The summed E-state index contributed by atoms with van der Waals surface area (Å²) in [4.78, 5) is 4.65. The van der Waals surface area contributed by atoms with Crippen LogP contribution in [0, 0.1) is 0 Å². The fraction of sp³-hybridized carbons (Fsp3) is 0.318. The highest BCUT2D eigenvalue weighted by atomic mass is 16.5. The van der Waals surface area contributed by atoms with E-state index in [1.807, 2.05) is 56.3 Å². The lowest BCUT2D eigenvalue weighted by Gasteiger charge is -2.14. The van der Waals surface area contributed by atoms with Crippen molar-refractivity contribution in [3.63, 3.8) is 0 Å². The van der Waals surface area contributed by atoms with Gasteiger partial charge in [0.15, 0.2) is 0 Å². The molecule has 4 rings (SSSR count). The fourth-order valence-corrected chi connectivity index (χ4v) is 3.40. The van der Waals surface area contributed by atoms with Gasteiger partial charge in [0.05, 0.1) is 18.9 Å². The number of phenolic OH excluding ortho intramolecular Hbond substituents is 1. The molecule has 2 aliphatic heterocycles. The molecule has 0 amide bonds. The van der Waals surface area contributed by atoms with E-state index in [4.69, 9.17) is 10.5 Å². The summed E-state index contributed by atoms with van der Waals surface area (Å²) in [6.45, 7) is 6.02. The van der Waals surface area contributed by atoms with Gasteiger partial charge >= 0.3 is 0 Å². The second-order valence-corrected chi connectivity index (χ2v) is 6.23. The zero-order valence-electron chi connectivity index (χ0n) is 15.4. The first kappa shape index (κ1) is 18.2. The molecule has 4 nitrogen and oxygen atoms in total. The fourth-order valence-electron chi connectivity index (χ4n) is 3.40. The zero-order valence-corrected chi connectivity index (χ0v) is 15.4. The molecule has 0 aliphatic carbocycles. The summed E-state index contributed by atoms with van der Waals surface area (Å²) in [5, 5.41) is 10.6. The Bertz CT molecular complexity index is 834. The van der Waals surface area contributed by atoms with Crippen molar-refractivity contribution in [2.75, 3.05) is 19.8 Å². The Morgan fingerprint density at radius 1 is 1.08 bits per heavy atom. The van der Waals surface area contributed by atoms with E-state index in [1.165, 1.54) is 0 Å². The molecule has 0 aromatic heterocycles. The van der Waals surface area contributed by atoms with Gasteiger partial charge in [-0.2, -0.15) is 0 Å². The van der Waals surface area contributed by atoms with E-state index < -0.39 is 0 Å². The highest BCUT2D eigenvalue weighted by Crippen LogP contribution is 2.32. The Balaban J connectivity index is 0.000000948. The SMILES string of the molecule is CC.NC1=CCN=C(c2ccc(C3CCOC3)cc2O)c2ccccc21. The quantitative estimate of drug-likeness (QED) is 0.858. The summed E-state index contributed by atoms with van der Waals surface area (Å²) in [5.41, 5.74) is 11.4. The van der Waals surface area contributed by atoms with Gasteiger partial charge in [0, 0.05) is 34.9 Å². The van der Waals surface area contributed by atoms with Crippen LogP contribution in [0.5, 0.6) is 5.75 Å². The molecule has 0 saturated carbocycles. The molecule has 1 fully saturated rings. The van der Waals surface area contributed by atoms with Crippen LogP contribution >= 0.6 is 0 Å². The van der Waals surface area contributed by atoms with E-state index in [1.54, 1.807) is 0 Å². The molecular formula is C22H26N2O2. The first-order valence-corrected chi connectivity index (χ1v) is 9.25. The van der Waals surface area contributed by atoms with Crippen molar-refractivity contribution in [2.24, 2.45) is 10.7 Å². The van der Waals surface area contributed by atoms with Crippen LogP contribution in [0.4, 0.5) is 0 Å². The Labute approximate surface area is 155 Å². The lowest BCUT2D eigenvalue weighted by Crippen LogP contribution is -2.08. The van der Waals surface area contributed by atoms with Crippen molar-refractivity contribution in [2.45, 2.75) is 26.2 Å².